The minimum absolute atomic E-state index is 0.590. The minimum atomic E-state index is 0.590. The van der Waals surface area contributed by atoms with Crippen molar-refractivity contribution in [1.29, 1.82) is 0 Å². The van der Waals surface area contributed by atoms with Crippen molar-refractivity contribution in [2.45, 2.75) is 20.8 Å². The Bertz CT molecular complexity index is 274. The standard InChI is InChI=1S/C11H15N/c1-9(2)7-8-11-6-4-5-10(3)12-11/h4-9H,1-3H3/b8-7+. The van der Waals surface area contributed by atoms with Crippen LogP contribution in [0, 0.1) is 12.8 Å². The van der Waals surface area contributed by atoms with Gasteiger partial charge in [-0.15, -0.1) is 0 Å². The second kappa shape index (κ2) is 4.05. The van der Waals surface area contributed by atoms with E-state index in [2.05, 4.69) is 31.0 Å². The van der Waals surface area contributed by atoms with Crippen LogP contribution in [-0.4, -0.2) is 4.98 Å². The fraction of sp³-hybridized carbons (Fsp3) is 0.364. The van der Waals surface area contributed by atoms with E-state index in [0.717, 1.165) is 11.4 Å². The van der Waals surface area contributed by atoms with Crippen LogP contribution in [0.3, 0.4) is 0 Å². The van der Waals surface area contributed by atoms with Crippen LogP contribution >= 0.6 is 0 Å². The summed E-state index contributed by atoms with van der Waals surface area (Å²) < 4.78 is 0. The molecule has 1 rings (SSSR count). The zero-order valence-corrected chi connectivity index (χ0v) is 7.91. The molecular formula is C11H15N. The Labute approximate surface area is 74.2 Å². The molecular weight excluding hydrogens is 146 g/mol. The molecule has 0 radical (unpaired) electrons. The number of hydrogen-bond acceptors (Lipinski definition) is 1. The van der Waals surface area contributed by atoms with Crippen LogP contribution in [0.25, 0.3) is 6.08 Å². The molecule has 1 aromatic heterocycles. The van der Waals surface area contributed by atoms with Crippen molar-refractivity contribution >= 4 is 6.08 Å². The highest BCUT2D eigenvalue weighted by Crippen LogP contribution is 2.03. The maximum Gasteiger partial charge on any atom is 0.0629 e. The number of aryl methyl sites for hydroxylation is 1. The average molecular weight is 161 g/mol. The van der Waals surface area contributed by atoms with Gasteiger partial charge in [-0.2, -0.15) is 0 Å². The van der Waals surface area contributed by atoms with Crippen LogP contribution in [0.1, 0.15) is 25.2 Å². The molecule has 0 unspecified atom stereocenters. The predicted octanol–water partition coefficient (Wildman–Crippen LogP) is 3.06. The molecule has 1 heteroatoms. The van der Waals surface area contributed by atoms with Crippen LogP contribution < -0.4 is 0 Å². The lowest BCUT2D eigenvalue weighted by atomic mass is 10.2. The molecule has 0 saturated carbocycles. The van der Waals surface area contributed by atoms with Gasteiger partial charge < -0.3 is 0 Å². The lowest BCUT2D eigenvalue weighted by Gasteiger charge is -1.96. The Morgan fingerprint density at radius 1 is 1.33 bits per heavy atom. The molecule has 0 N–H and O–H groups in total. The van der Waals surface area contributed by atoms with Gasteiger partial charge in [0.25, 0.3) is 0 Å². The number of allylic oxidation sites excluding steroid dienone is 1. The summed E-state index contributed by atoms with van der Waals surface area (Å²) in [6, 6.07) is 6.06. The van der Waals surface area contributed by atoms with Crippen LogP contribution in [0.2, 0.25) is 0 Å². The largest absolute Gasteiger partial charge is 0.254 e. The van der Waals surface area contributed by atoms with Crippen LogP contribution in [0.5, 0.6) is 0 Å². The fourth-order valence-electron chi connectivity index (χ4n) is 0.948. The number of hydrogen-bond donors (Lipinski definition) is 0. The molecule has 0 bridgehead atoms. The lowest BCUT2D eigenvalue weighted by Crippen LogP contribution is -1.84. The molecule has 0 atom stereocenters. The van der Waals surface area contributed by atoms with Gasteiger partial charge in [0, 0.05) is 5.69 Å². The summed E-state index contributed by atoms with van der Waals surface area (Å²) in [4.78, 5) is 4.36. The highest BCUT2D eigenvalue weighted by molar-refractivity contribution is 5.44. The van der Waals surface area contributed by atoms with Crippen molar-refractivity contribution in [2.75, 3.05) is 0 Å². The summed E-state index contributed by atoms with van der Waals surface area (Å²) in [6.07, 6.45) is 4.22. The second-order valence-corrected chi connectivity index (χ2v) is 3.31. The van der Waals surface area contributed by atoms with Crippen LogP contribution in [-0.2, 0) is 0 Å². The second-order valence-electron chi connectivity index (χ2n) is 3.31. The Hall–Kier alpha value is -1.11. The van der Waals surface area contributed by atoms with E-state index in [1.807, 2.05) is 25.1 Å². The first-order valence-corrected chi connectivity index (χ1v) is 4.30. The third-order valence-electron chi connectivity index (χ3n) is 1.56. The lowest BCUT2D eigenvalue weighted by molar-refractivity contribution is 0.836. The Kier molecular flexibility index (Phi) is 3.03. The fourth-order valence-corrected chi connectivity index (χ4v) is 0.948. The monoisotopic (exact) mass is 161 g/mol. The first kappa shape index (κ1) is 8.98. The number of rotatable bonds is 2. The SMILES string of the molecule is Cc1cccc(/C=C/C(C)C)n1. The first-order valence-electron chi connectivity index (χ1n) is 4.30. The van der Waals surface area contributed by atoms with Crippen molar-refractivity contribution in [3.8, 4) is 0 Å². The highest BCUT2D eigenvalue weighted by Gasteiger charge is 1.89. The molecule has 0 amide bonds. The molecule has 0 aliphatic carbocycles. The van der Waals surface area contributed by atoms with Crippen molar-refractivity contribution in [1.82, 2.24) is 4.98 Å². The molecule has 64 valence electrons. The number of pyridine rings is 1. The van der Waals surface area contributed by atoms with E-state index in [4.69, 9.17) is 0 Å². The van der Waals surface area contributed by atoms with E-state index >= 15 is 0 Å². The highest BCUT2D eigenvalue weighted by atomic mass is 14.7. The van der Waals surface area contributed by atoms with E-state index in [1.165, 1.54) is 0 Å². The summed E-state index contributed by atoms with van der Waals surface area (Å²) in [5.74, 6) is 0.590. The maximum atomic E-state index is 4.36. The van der Waals surface area contributed by atoms with Gasteiger partial charge >= 0.3 is 0 Å². The molecule has 0 spiro atoms. The first-order chi connectivity index (χ1) is 5.68. The third-order valence-corrected chi connectivity index (χ3v) is 1.56. The summed E-state index contributed by atoms with van der Waals surface area (Å²) in [5, 5.41) is 0. The van der Waals surface area contributed by atoms with Gasteiger partial charge in [-0.3, -0.25) is 4.98 Å². The smallest absolute Gasteiger partial charge is 0.0629 e. The Balaban J connectivity index is 2.76. The van der Waals surface area contributed by atoms with Crippen molar-refractivity contribution in [3.05, 3.63) is 35.7 Å². The van der Waals surface area contributed by atoms with E-state index in [9.17, 15) is 0 Å². The molecule has 0 fully saturated rings. The van der Waals surface area contributed by atoms with E-state index in [1.54, 1.807) is 0 Å². The summed E-state index contributed by atoms with van der Waals surface area (Å²) in [7, 11) is 0. The Morgan fingerprint density at radius 2 is 2.08 bits per heavy atom. The van der Waals surface area contributed by atoms with E-state index < -0.39 is 0 Å². The molecule has 0 aromatic carbocycles. The van der Waals surface area contributed by atoms with Crippen molar-refractivity contribution in [3.63, 3.8) is 0 Å². The minimum Gasteiger partial charge on any atom is -0.254 e. The normalized spacial score (nSPS) is 11.3. The quantitative estimate of drug-likeness (QED) is 0.649. The summed E-state index contributed by atoms with van der Waals surface area (Å²) in [6.45, 7) is 6.32. The zero-order valence-electron chi connectivity index (χ0n) is 7.91. The van der Waals surface area contributed by atoms with Gasteiger partial charge in [0.2, 0.25) is 0 Å². The van der Waals surface area contributed by atoms with Crippen LogP contribution in [0.15, 0.2) is 24.3 Å². The predicted molar refractivity (Wildman–Crippen MR) is 52.8 cm³/mol. The maximum absolute atomic E-state index is 4.36. The number of aromatic nitrogens is 1. The van der Waals surface area contributed by atoms with E-state index in [-0.39, 0.29) is 0 Å². The molecule has 0 saturated heterocycles. The van der Waals surface area contributed by atoms with Crippen molar-refractivity contribution < 1.29 is 0 Å². The Morgan fingerprint density at radius 3 is 2.67 bits per heavy atom. The molecule has 1 nitrogen and oxygen atoms in total. The average Bonchev–Trinajstić information content (AvgIpc) is 2.01. The van der Waals surface area contributed by atoms with Gasteiger partial charge in [-0.05, 0) is 31.1 Å². The van der Waals surface area contributed by atoms with Gasteiger partial charge in [-0.25, -0.2) is 0 Å². The summed E-state index contributed by atoms with van der Waals surface area (Å²) >= 11 is 0. The summed E-state index contributed by atoms with van der Waals surface area (Å²) in [5.41, 5.74) is 2.12. The molecule has 1 aromatic rings. The zero-order chi connectivity index (χ0) is 8.97. The molecule has 0 aliphatic rings. The third kappa shape index (κ3) is 2.87. The molecule has 0 aliphatic heterocycles. The molecule has 1 heterocycles. The van der Waals surface area contributed by atoms with Gasteiger partial charge in [0.15, 0.2) is 0 Å². The van der Waals surface area contributed by atoms with Crippen LogP contribution in [0.4, 0.5) is 0 Å². The molecule has 12 heavy (non-hydrogen) atoms. The van der Waals surface area contributed by atoms with Gasteiger partial charge in [0.05, 0.1) is 5.69 Å². The van der Waals surface area contributed by atoms with E-state index in [0.29, 0.717) is 5.92 Å². The topological polar surface area (TPSA) is 12.9 Å². The number of nitrogens with zero attached hydrogens (tertiary/aromatic N) is 1. The van der Waals surface area contributed by atoms with Gasteiger partial charge in [-0.1, -0.05) is 26.0 Å². The van der Waals surface area contributed by atoms with Crippen molar-refractivity contribution in [2.24, 2.45) is 5.92 Å². The van der Waals surface area contributed by atoms with Gasteiger partial charge in [0.1, 0.15) is 0 Å².